The molecule has 1 aliphatic heterocycles. The molecule has 21 heavy (non-hydrogen) atoms. The highest BCUT2D eigenvalue weighted by molar-refractivity contribution is 7.15. The van der Waals surface area contributed by atoms with Gasteiger partial charge < -0.3 is 15.0 Å². The number of nitrogens with one attached hydrogen (secondary N) is 1. The SMILES string of the molecule is CCCNCc1sc(N2CCC(OC)C2)nc1C(C)(C)C. The Labute approximate surface area is 132 Å². The van der Waals surface area contributed by atoms with E-state index in [1.807, 2.05) is 11.3 Å². The van der Waals surface area contributed by atoms with Crippen molar-refractivity contribution in [2.45, 2.75) is 58.6 Å². The summed E-state index contributed by atoms with van der Waals surface area (Å²) in [6.45, 7) is 13.0. The Hall–Kier alpha value is -0.650. The van der Waals surface area contributed by atoms with Gasteiger partial charge in [-0.05, 0) is 19.4 Å². The second kappa shape index (κ2) is 7.07. The summed E-state index contributed by atoms with van der Waals surface area (Å²) in [7, 11) is 1.80. The number of ether oxygens (including phenoxy) is 1. The van der Waals surface area contributed by atoms with Gasteiger partial charge in [0.2, 0.25) is 0 Å². The number of anilines is 1. The molecule has 1 fully saturated rings. The number of nitrogens with zero attached hydrogens (tertiary/aromatic N) is 2. The molecule has 1 unspecified atom stereocenters. The van der Waals surface area contributed by atoms with Crippen molar-refractivity contribution < 1.29 is 4.74 Å². The fourth-order valence-corrected chi connectivity index (χ4v) is 3.93. The Balaban J connectivity index is 2.16. The van der Waals surface area contributed by atoms with Crippen LogP contribution in [0.15, 0.2) is 0 Å². The summed E-state index contributed by atoms with van der Waals surface area (Å²) in [6.07, 6.45) is 2.62. The zero-order chi connectivity index (χ0) is 15.5. The van der Waals surface area contributed by atoms with E-state index in [0.29, 0.717) is 6.10 Å². The molecule has 1 aromatic rings. The largest absolute Gasteiger partial charge is 0.380 e. The van der Waals surface area contributed by atoms with Crippen LogP contribution in [0.3, 0.4) is 0 Å². The molecular formula is C16H29N3OS. The highest BCUT2D eigenvalue weighted by Crippen LogP contribution is 2.35. The summed E-state index contributed by atoms with van der Waals surface area (Å²) in [6, 6.07) is 0. The predicted molar refractivity (Wildman–Crippen MR) is 90.4 cm³/mol. The molecule has 4 nitrogen and oxygen atoms in total. The third-order valence-electron chi connectivity index (χ3n) is 3.86. The second-order valence-electron chi connectivity index (χ2n) is 6.79. The van der Waals surface area contributed by atoms with Crippen molar-refractivity contribution in [2.24, 2.45) is 0 Å². The van der Waals surface area contributed by atoms with Gasteiger partial charge in [0, 0.05) is 37.0 Å². The van der Waals surface area contributed by atoms with Crippen LogP contribution in [0.5, 0.6) is 0 Å². The van der Waals surface area contributed by atoms with Gasteiger partial charge in [-0.15, -0.1) is 11.3 Å². The normalized spacial score (nSPS) is 19.5. The van der Waals surface area contributed by atoms with Gasteiger partial charge in [-0.3, -0.25) is 0 Å². The van der Waals surface area contributed by atoms with Crippen LogP contribution in [-0.4, -0.2) is 37.8 Å². The Morgan fingerprint density at radius 2 is 2.19 bits per heavy atom. The molecule has 0 aromatic carbocycles. The summed E-state index contributed by atoms with van der Waals surface area (Å²) >= 11 is 1.84. The standard InChI is InChI=1S/C16H29N3OS/c1-6-8-17-10-13-14(16(2,3)4)18-15(21-13)19-9-7-12(11-19)20-5/h12,17H,6-11H2,1-5H3. The molecule has 1 aliphatic rings. The Bertz CT molecular complexity index is 453. The van der Waals surface area contributed by atoms with E-state index in [1.54, 1.807) is 7.11 Å². The molecule has 2 heterocycles. The Kier molecular flexibility index (Phi) is 5.63. The highest BCUT2D eigenvalue weighted by atomic mass is 32.1. The topological polar surface area (TPSA) is 37.4 Å². The average molecular weight is 311 g/mol. The predicted octanol–water partition coefficient (Wildman–Crippen LogP) is 3.17. The lowest BCUT2D eigenvalue weighted by Crippen LogP contribution is -2.22. The first-order valence-electron chi connectivity index (χ1n) is 7.94. The van der Waals surface area contributed by atoms with Crippen LogP contribution in [0, 0.1) is 0 Å². The molecule has 0 saturated carbocycles. The summed E-state index contributed by atoms with van der Waals surface area (Å²) < 4.78 is 5.47. The molecule has 1 saturated heterocycles. The van der Waals surface area contributed by atoms with Gasteiger partial charge in [0.25, 0.3) is 0 Å². The van der Waals surface area contributed by atoms with Gasteiger partial charge in [-0.2, -0.15) is 0 Å². The molecule has 1 aromatic heterocycles. The second-order valence-corrected chi connectivity index (χ2v) is 7.85. The van der Waals surface area contributed by atoms with Crippen LogP contribution in [0.25, 0.3) is 0 Å². The smallest absolute Gasteiger partial charge is 0.185 e. The highest BCUT2D eigenvalue weighted by Gasteiger charge is 2.28. The number of hydrogen-bond acceptors (Lipinski definition) is 5. The van der Waals surface area contributed by atoms with E-state index in [2.05, 4.69) is 37.9 Å². The molecule has 1 N–H and O–H groups in total. The molecular weight excluding hydrogens is 282 g/mol. The van der Waals surface area contributed by atoms with E-state index in [0.717, 1.165) is 44.2 Å². The van der Waals surface area contributed by atoms with E-state index in [9.17, 15) is 0 Å². The first-order chi connectivity index (χ1) is 9.95. The Morgan fingerprint density at radius 3 is 2.76 bits per heavy atom. The van der Waals surface area contributed by atoms with Crippen LogP contribution in [0.1, 0.15) is 51.1 Å². The van der Waals surface area contributed by atoms with Gasteiger partial charge in [-0.25, -0.2) is 4.98 Å². The van der Waals surface area contributed by atoms with E-state index in [1.165, 1.54) is 10.6 Å². The number of hydrogen-bond donors (Lipinski definition) is 1. The number of methoxy groups -OCH3 is 1. The maximum Gasteiger partial charge on any atom is 0.185 e. The molecule has 1 atom stereocenters. The molecule has 0 spiro atoms. The maximum atomic E-state index is 5.47. The minimum atomic E-state index is 0.0956. The van der Waals surface area contributed by atoms with E-state index >= 15 is 0 Å². The zero-order valence-electron chi connectivity index (χ0n) is 14.0. The minimum absolute atomic E-state index is 0.0956. The Morgan fingerprint density at radius 1 is 1.43 bits per heavy atom. The molecule has 0 bridgehead atoms. The van der Waals surface area contributed by atoms with Crippen molar-refractivity contribution in [1.29, 1.82) is 0 Å². The number of rotatable bonds is 6. The minimum Gasteiger partial charge on any atom is -0.380 e. The third kappa shape index (κ3) is 4.18. The maximum absolute atomic E-state index is 5.47. The van der Waals surface area contributed by atoms with Crippen molar-refractivity contribution >= 4 is 16.5 Å². The molecule has 2 rings (SSSR count). The van der Waals surface area contributed by atoms with Gasteiger partial charge >= 0.3 is 0 Å². The van der Waals surface area contributed by atoms with Crippen LogP contribution in [0.2, 0.25) is 0 Å². The van der Waals surface area contributed by atoms with Gasteiger partial charge in [0.05, 0.1) is 11.8 Å². The monoisotopic (exact) mass is 311 g/mol. The van der Waals surface area contributed by atoms with Crippen molar-refractivity contribution in [3.63, 3.8) is 0 Å². The van der Waals surface area contributed by atoms with Crippen LogP contribution in [-0.2, 0) is 16.7 Å². The lowest BCUT2D eigenvalue weighted by Gasteiger charge is -2.18. The first kappa shape index (κ1) is 16.7. The quantitative estimate of drug-likeness (QED) is 0.819. The molecule has 5 heteroatoms. The van der Waals surface area contributed by atoms with Gasteiger partial charge in [0.1, 0.15) is 0 Å². The van der Waals surface area contributed by atoms with E-state index in [-0.39, 0.29) is 5.41 Å². The van der Waals surface area contributed by atoms with Crippen molar-refractivity contribution in [3.05, 3.63) is 10.6 Å². The molecule has 0 aliphatic carbocycles. The first-order valence-corrected chi connectivity index (χ1v) is 8.76. The van der Waals surface area contributed by atoms with Crippen molar-refractivity contribution in [3.8, 4) is 0 Å². The third-order valence-corrected chi connectivity index (χ3v) is 4.97. The van der Waals surface area contributed by atoms with Crippen molar-refractivity contribution in [2.75, 3.05) is 31.6 Å². The van der Waals surface area contributed by atoms with Crippen LogP contribution >= 0.6 is 11.3 Å². The average Bonchev–Trinajstić information content (AvgIpc) is 3.04. The summed E-state index contributed by atoms with van der Waals surface area (Å²) in [5.41, 5.74) is 1.34. The van der Waals surface area contributed by atoms with Gasteiger partial charge in [-0.1, -0.05) is 27.7 Å². The fourth-order valence-electron chi connectivity index (χ4n) is 2.65. The summed E-state index contributed by atoms with van der Waals surface area (Å²) in [4.78, 5) is 8.71. The molecule has 120 valence electrons. The van der Waals surface area contributed by atoms with Crippen LogP contribution < -0.4 is 10.2 Å². The van der Waals surface area contributed by atoms with E-state index < -0.39 is 0 Å². The number of aromatic nitrogens is 1. The number of thiazole rings is 1. The van der Waals surface area contributed by atoms with Crippen LogP contribution in [0.4, 0.5) is 5.13 Å². The summed E-state index contributed by atoms with van der Waals surface area (Å²) in [5, 5.41) is 4.67. The van der Waals surface area contributed by atoms with E-state index in [4.69, 9.17) is 9.72 Å². The zero-order valence-corrected chi connectivity index (χ0v) is 14.8. The van der Waals surface area contributed by atoms with Crippen molar-refractivity contribution in [1.82, 2.24) is 10.3 Å². The fraction of sp³-hybridized carbons (Fsp3) is 0.812. The van der Waals surface area contributed by atoms with Gasteiger partial charge in [0.15, 0.2) is 5.13 Å². The lowest BCUT2D eigenvalue weighted by molar-refractivity contribution is 0.121. The summed E-state index contributed by atoms with van der Waals surface area (Å²) in [5.74, 6) is 0. The molecule has 0 radical (unpaired) electrons. The lowest BCUT2D eigenvalue weighted by atomic mass is 9.91. The molecule has 0 amide bonds.